The van der Waals surface area contributed by atoms with Crippen molar-refractivity contribution in [2.45, 2.75) is 32.2 Å². The van der Waals surface area contributed by atoms with Crippen LogP contribution in [0.25, 0.3) is 0 Å². The second-order valence-electron chi connectivity index (χ2n) is 5.62. The molecule has 1 aromatic rings. The summed E-state index contributed by atoms with van der Waals surface area (Å²) in [4.78, 5) is 37.5. The van der Waals surface area contributed by atoms with E-state index in [0.29, 0.717) is 23.3 Å². The van der Waals surface area contributed by atoms with Crippen molar-refractivity contribution in [2.75, 3.05) is 0 Å². The highest BCUT2D eigenvalue weighted by molar-refractivity contribution is 7.12. The lowest BCUT2D eigenvalue weighted by Gasteiger charge is -2.29. The van der Waals surface area contributed by atoms with Gasteiger partial charge in [-0.3, -0.25) is 14.4 Å². The van der Waals surface area contributed by atoms with Crippen LogP contribution in [0.1, 0.15) is 35.9 Å². The minimum absolute atomic E-state index is 0.00508. The summed E-state index contributed by atoms with van der Waals surface area (Å²) in [7, 11) is 0. The van der Waals surface area contributed by atoms with Crippen molar-refractivity contribution >= 4 is 40.6 Å². The quantitative estimate of drug-likeness (QED) is 0.886. The molecule has 0 spiro atoms. The third-order valence-corrected chi connectivity index (χ3v) is 5.50. The first-order valence-corrected chi connectivity index (χ1v) is 8.44. The molecule has 24 heavy (non-hydrogen) atoms. The molecule has 0 bridgehead atoms. The first-order valence-electron chi connectivity index (χ1n) is 7.25. The molecule has 1 atom stereocenters. The average molecular weight is 370 g/mol. The molecule has 1 N–H and O–H groups in total. The molecule has 0 saturated carbocycles. The summed E-state index contributed by atoms with van der Waals surface area (Å²) in [5, 5.41) is 8.66. The molecule has 1 aliphatic heterocycles. The number of carbonyl (C=O) groups is 3. The van der Waals surface area contributed by atoms with E-state index in [1.165, 1.54) is 17.0 Å². The first kappa shape index (κ1) is 16.9. The third-order valence-electron chi connectivity index (χ3n) is 4.23. The molecule has 2 aliphatic rings. The third kappa shape index (κ3) is 2.67. The normalized spacial score (nSPS) is 20.7. The minimum Gasteiger partial charge on any atom is -0.481 e. The van der Waals surface area contributed by atoms with Gasteiger partial charge < -0.3 is 10.0 Å². The van der Waals surface area contributed by atoms with Crippen LogP contribution in [0, 0.1) is 5.13 Å². The van der Waals surface area contributed by atoms with Crippen LogP contribution in [0.4, 0.5) is 4.39 Å². The number of ketones is 1. The van der Waals surface area contributed by atoms with Crippen LogP contribution < -0.4 is 0 Å². The Balaban J connectivity index is 2.10. The van der Waals surface area contributed by atoms with Gasteiger partial charge in [0.1, 0.15) is 0 Å². The fourth-order valence-corrected chi connectivity index (χ4v) is 4.20. The molecule has 1 amide bonds. The van der Waals surface area contributed by atoms with E-state index in [9.17, 15) is 18.8 Å². The van der Waals surface area contributed by atoms with Crippen molar-refractivity contribution in [3.05, 3.63) is 44.0 Å². The van der Waals surface area contributed by atoms with E-state index in [1.807, 2.05) is 0 Å². The maximum absolute atomic E-state index is 13.2. The Bertz CT molecular complexity index is 826. The second-order valence-corrected chi connectivity index (χ2v) is 7.03. The number of hydrogen-bond donors (Lipinski definition) is 1. The number of aliphatic carboxylic acids is 1. The number of thiophene rings is 1. The zero-order valence-electron chi connectivity index (χ0n) is 12.6. The maximum Gasteiger partial charge on any atom is 0.307 e. The smallest absolute Gasteiger partial charge is 0.307 e. The summed E-state index contributed by atoms with van der Waals surface area (Å²) in [5.41, 5.74) is 1.25. The Labute approximate surface area is 146 Å². The molecule has 8 heteroatoms. The van der Waals surface area contributed by atoms with Crippen LogP contribution in [-0.2, 0) is 9.59 Å². The fourth-order valence-electron chi connectivity index (χ4n) is 3.20. The molecule has 1 aromatic heterocycles. The SMILES string of the molecule is CC1=C(CC(=O)O)C2=C(Cl)C(=O)CCC2N1C(=O)c1ccc(F)s1. The van der Waals surface area contributed by atoms with Gasteiger partial charge in [0.2, 0.25) is 0 Å². The molecule has 2 heterocycles. The molecule has 1 aliphatic carbocycles. The van der Waals surface area contributed by atoms with Crippen LogP contribution in [-0.4, -0.2) is 33.7 Å². The van der Waals surface area contributed by atoms with E-state index < -0.39 is 23.0 Å². The number of carboxylic acids is 1. The van der Waals surface area contributed by atoms with E-state index in [0.717, 1.165) is 11.3 Å². The number of carboxylic acid groups (broad SMARTS) is 1. The Morgan fingerprint density at radius 2 is 2.17 bits per heavy atom. The first-order chi connectivity index (χ1) is 11.3. The molecule has 0 saturated heterocycles. The molecule has 0 radical (unpaired) electrons. The van der Waals surface area contributed by atoms with E-state index in [4.69, 9.17) is 16.7 Å². The summed E-state index contributed by atoms with van der Waals surface area (Å²) >= 11 is 6.87. The zero-order valence-corrected chi connectivity index (χ0v) is 14.2. The molecule has 1 unspecified atom stereocenters. The highest BCUT2D eigenvalue weighted by atomic mass is 35.5. The molecule has 5 nitrogen and oxygen atoms in total. The van der Waals surface area contributed by atoms with Crippen LogP contribution >= 0.6 is 22.9 Å². The van der Waals surface area contributed by atoms with Crippen molar-refractivity contribution in [1.82, 2.24) is 4.90 Å². The highest BCUT2D eigenvalue weighted by Crippen LogP contribution is 2.44. The molecular formula is C16H13ClFNO4S. The van der Waals surface area contributed by atoms with Crippen molar-refractivity contribution in [3.63, 3.8) is 0 Å². The number of hydrogen-bond acceptors (Lipinski definition) is 4. The number of amides is 1. The van der Waals surface area contributed by atoms with Crippen LogP contribution in [0.15, 0.2) is 34.0 Å². The number of carbonyl (C=O) groups excluding carboxylic acids is 2. The van der Waals surface area contributed by atoms with Gasteiger partial charge in [0.05, 0.1) is 22.4 Å². The number of allylic oxidation sites excluding steroid dienone is 2. The Morgan fingerprint density at radius 1 is 1.46 bits per heavy atom. The largest absolute Gasteiger partial charge is 0.481 e. The maximum atomic E-state index is 13.2. The zero-order chi connectivity index (χ0) is 17.6. The predicted octanol–water partition coefficient (Wildman–Crippen LogP) is 3.32. The van der Waals surface area contributed by atoms with Gasteiger partial charge in [0.25, 0.3) is 5.91 Å². The van der Waals surface area contributed by atoms with Gasteiger partial charge in [0.15, 0.2) is 10.9 Å². The van der Waals surface area contributed by atoms with E-state index >= 15 is 0 Å². The van der Waals surface area contributed by atoms with E-state index in [1.54, 1.807) is 6.92 Å². The number of fused-ring (bicyclic) bond motifs is 1. The van der Waals surface area contributed by atoms with Gasteiger partial charge >= 0.3 is 5.97 Å². The summed E-state index contributed by atoms with van der Waals surface area (Å²) in [6.07, 6.45) is 0.220. The lowest BCUT2D eigenvalue weighted by Crippen LogP contribution is -2.38. The molecular weight excluding hydrogens is 357 g/mol. The minimum atomic E-state index is -1.07. The average Bonchev–Trinajstić information content (AvgIpc) is 3.05. The lowest BCUT2D eigenvalue weighted by molar-refractivity contribution is -0.136. The lowest BCUT2D eigenvalue weighted by atomic mass is 9.89. The monoisotopic (exact) mass is 369 g/mol. The standard InChI is InChI=1S/C16H13ClFNO4S/c1-7-8(6-13(21)22)14-9(2-3-10(20)15(14)17)19(7)16(23)11-4-5-12(18)24-11/h4-5,9H,2-3,6H2,1H3,(H,21,22). The van der Waals surface area contributed by atoms with Crippen LogP contribution in [0.2, 0.25) is 0 Å². The van der Waals surface area contributed by atoms with E-state index in [2.05, 4.69) is 0 Å². The number of Topliss-reactive ketones (excluding diaryl/α,β-unsaturated/α-hetero) is 1. The molecule has 126 valence electrons. The Kier molecular flexibility index (Phi) is 4.31. The topological polar surface area (TPSA) is 74.7 Å². The molecule has 0 fully saturated rings. The van der Waals surface area contributed by atoms with Gasteiger partial charge in [-0.2, -0.15) is 4.39 Å². The van der Waals surface area contributed by atoms with Crippen molar-refractivity contribution < 1.29 is 23.9 Å². The second kappa shape index (κ2) is 6.14. The summed E-state index contributed by atoms with van der Waals surface area (Å²) in [6.45, 7) is 1.63. The Hall–Kier alpha value is -1.99. The van der Waals surface area contributed by atoms with Crippen molar-refractivity contribution in [2.24, 2.45) is 0 Å². The summed E-state index contributed by atoms with van der Waals surface area (Å²) in [5.74, 6) is -1.74. The molecule has 0 aromatic carbocycles. The predicted molar refractivity (Wildman–Crippen MR) is 86.3 cm³/mol. The van der Waals surface area contributed by atoms with Crippen molar-refractivity contribution in [1.29, 1.82) is 0 Å². The van der Waals surface area contributed by atoms with Crippen LogP contribution in [0.3, 0.4) is 0 Å². The fraction of sp³-hybridized carbons (Fsp3) is 0.312. The van der Waals surface area contributed by atoms with Crippen molar-refractivity contribution in [3.8, 4) is 0 Å². The van der Waals surface area contributed by atoms with E-state index in [-0.39, 0.29) is 28.5 Å². The number of halogens is 2. The van der Waals surface area contributed by atoms with Crippen LogP contribution in [0.5, 0.6) is 0 Å². The van der Waals surface area contributed by atoms with Gasteiger partial charge in [-0.15, -0.1) is 11.3 Å². The Morgan fingerprint density at radius 3 is 2.75 bits per heavy atom. The summed E-state index contributed by atoms with van der Waals surface area (Å²) < 4.78 is 13.2. The molecule has 3 rings (SSSR count). The van der Waals surface area contributed by atoms with Gasteiger partial charge in [-0.1, -0.05) is 11.6 Å². The van der Waals surface area contributed by atoms with Gasteiger partial charge in [0, 0.05) is 17.7 Å². The number of nitrogens with zero attached hydrogens (tertiary/aromatic N) is 1. The van der Waals surface area contributed by atoms with Gasteiger partial charge in [-0.25, -0.2) is 0 Å². The highest BCUT2D eigenvalue weighted by Gasteiger charge is 2.43. The van der Waals surface area contributed by atoms with Gasteiger partial charge in [-0.05, 0) is 31.1 Å². The summed E-state index contributed by atoms with van der Waals surface area (Å²) in [6, 6.07) is 2.12. The number of rotatable bonds is 3.